The summed E-state index contributed by atoms with van der Waals surface area (Å²) >= 11 is 4.12. The molecule has 1 rings (SSSR count). The SMILES string of the molecule is CCCn1ncnc1CS. The Morgan fingerprint density at radius 2 is 2.50 bits per heavy atom. The number of thiol groups is 1. The Kier molecular flexibility index (Phi) is 2.74. The summed E-state index contributed by atoms with van der Waals surface area (Å²) in [7, 11) is 0. The van der Waals surface area contributed by atoms with Crippen molar-refractivity contribution in [3.8, 4) is 0 Å². The second-order valence-corrected chi connectivity index (χ2v) is 2.37. The van der Waals surface area contributed by atoms with Gasteiger partial charge < -0.3 is 0 Å². The molecular weight excluding hydrogens is 146 g/mol. The zero-order valence-corrected chi connectivity index (χ0v) is 6.88. The standard InChI is InChI=1S/C6H11N3S/c1-2-3-9-6(4-10)7-5-8-9/h5,10H,2-4H2,1H3. The summed E-state index contributed by atoms with van der Waals surface area (Å²) in [5, 5.41) is 4.03. The number of nitrogens with zero attached hydrogens (tertiary/aromatic N) is 3. The molecule has 0 unspecified atom stereocenters. The van der Waals surface area contributed by atoms with Gasteiger partial charge in [-0.2, -0.15) is 17.7 Å². The van der Waals surface area contributed by atoms with Crippen LogP contribution in [0.5, 0.6) is 0 Å². The molecule has 10 heavy (non-hydrogen) atoms. The second-order valence-electron chi connectivity index (χ2n) is 2.06. The summed E-state index contributed by atoms with van der Waals surface area (Å²) in [5.41, 5.74) is 0. The molecule has 0 aliphatic carbocycles. The summed E-state index contributed by atoms with van der Waals surface area (Å²) in [4.78, 5) is 4.03. The molecule has 0 bridgehead atoms. The van der Waals surface area contributed by atoms with E-state index in [2.05, 4.69) is 29.6 Å². The van der Waals surface area contributed by atoms with Crippen molar-refractivity contribution < 1.29 is 0 Å². The average molecular weight is 157 g/mol. The summed E-state index contributed by atoms with van der Waals surface area (Å²) in [6, 6.07) is 0. The van der Waals surface area contributed by atoms with Crippen molar-refractivity contribution in [3.63, 3.8) is 0 Å². The number of aryl methyl sites for hydroxylation is 1. The zero-order chi connectivity index (χ0) is 7.40. The van der Waals surface area contributed by atoms with E-state index in [4.69, 9.17) is 0 Å². The van der Waals surface area contributed by atoms with Crippen molar-refractivity contribution in [1.82, 2.24) is 14.8 Å². The molecule has 0 aromatic carbocycles. The maximum atomic E-state index is 4.12. The van der Waals surface area contributed by atoms with Gasteiger partial charge in [0.05, 0.1) is 5.75 Å². The molecule has 0 fully saturated rings. The van der Waals surface area contributed by atoms with Crippen molar-refractivity contribution in [1.29, 1.82) is 0 Å². The second kappa shape index (κ2) is 3.61. The van der Waals surface area contributed by atoms with E-state index < -0.39 is 0 Å². The normalized spacial score (nSPS) is 10.2. The van der Waals surface area contributed by atoms with Gasteiger partial charge >= 0.3 is 0 Å². The monoisotopic (exact) mass is 157 g/mol. The first-order valence-electron chi connectivity index (χ1n) is 3.36. The highest BCUT2D eigenvalue weighted by Gasteiger charge is 1.98. The van der Waals surface area contributed by atoms with E-state index in [0.717, 1.165) is 18.8 Å². The van der Waals surface area contributed by atoms with Gasteiger partial charge in [-0.15, -0.1) is 0 Å². The van der Waals surface area contributed by atoms with Gasteiger partial charge in [0.1, 0.15) is 12.2 Å². The fraction of sp³-hybridized carbons (Fsp3) is 0.667. The Morgan fingerprint density at radius 1 is 1.70 bits per heavy atom. The van der Waals surface area contributed by atoms with Gasteiger partial charge in [0.2, 0.25) is 0 Å². The lowest BCUT2D eigenvalue weighted by Crippen LogP contribution is -2.03. The van der Waals surface area contributed by atoms with Crippen LogP contribution < -0.4 is 0 Å². The van der Waals surface area contributed by atoms with Crippen LogP contribution in [0.15, 0.2) is 6.33 Å². The van der Waals surface area contributed by atoms with E-state index in [1.807, 2.05) is 4.68 Å². The lowest BCUT2D eigenvalue weighted by atomic mass is 10.5. The zero-order valence-electron chi connectivity index (χ0n) is 5.99. The van der Waals surface area contributed by atoms with Crippen molar-refractivity contribution >= 4 is 12.6 Å². The molecule has 1 heterocycles. The highest BCUT2D eigenvalue weighted by molar-refractivity contribution is 7.79. The molecule has 1 aromatic rings. The van der Waals surface area contributed by atoms with Gasteiger partial charge in [-0.25, -0.2) is 9.67 Å². The maximum absolute atomic E-state index is 4.12. The molecule has 56 valence electrons. The van der Waals surface area contributed by atoms with Gasteiger partial charge in [-0.05, 0) is 6.42 Å². The van der Waals surface area contributed by atoms with Crippen LogP contribution in [-0.2, 0) is 12.3 Å². The summed E-state index contributed by atoms with van der Waals surface area (Å²) in [5.74, 6) is 1.62. The third-order valence-electron chi connectivity index (χ3n) is 1.27. The maximum Gasteiger partial charge on any atom is 0.138 e. The number of aromatic nitrogens is 3. The molecule has 4 heteroatoms. The lowest BCUT2D eigenvalue weighted by Gasteiger charge is -1.99. The molecule has 0 amide bonds. The largest absolute Gasteiger partial charge is 0.249 e. The van der Waals surface area contributed by atoms with E-state index in [-0.39, 0.29) is 0 Å². The van der Waals surface area contributed by atoms with Crippen molar-refractivity contribution in [2.24, 2.45) is 0 Å². The van der Waals surface area contributed by atoms with Gasteiger partial charge in [-0.3, -0.25) is 0 Å². The van der Waals surface area contributed by atoms with Crippen LogP contribution in [0.3, 0.4) is 0 Å². The molecule has 1 aromatic heterocycles. The van der Waals surface area contributed by atoms with E-state index in [0.29, 0.717) is 5.75 Å². The number of rotatable bonds is 3. The first-order chi connectivity index (χ1) is 4.88. The molecule has 0 N–H and O–H groups in total. The van der Waals surface area contributed by atoms with Crippen LogP contribution in [-0.4, -0.2) is 14.8 Å². The van der Waals surface area contributed by atoms with Crippen LogP contribution >= 0.6 is 12.6 Å². The Morgan fingerprint density at radius 3 is 3.10 bits per heavy atom. The first kappa shape index (κ1) is 7.60. The Bertz CT molecular complexity index is 197. The topological polar surface area (TPSA) is 30.7 Å². The number of hydrogen-bond acceptors (Lipinski definition) is 3. The fourth-order valence-corrected chi connectivity index (χ4v) is 1.05. The van der Waals surface area contributed by atoms with Crippen molar-refractivity contribution in [3.05, 3.63) is 12.2 Å². The van der Waals surface area contributed by atoms with Crippen LogP contribution in [0.4, 0.5) is 0 Å². The highest BCUT2D eigenvalue weighted by Crippen LogP contribution is 1.98. The molecule has 0 aliphatic rings. The van der Waals surface area contributed by atoms with Gasteiger partial charge in [0.15, 0.2) is 0 Å². The predicted molar refractivity (Wildman–Crippen MR) is 43.0 cm³/mol. The minimum atomic E-state index is 0.667. The molecular formula is C6H11N3S. The smallest absolute Gasteiger partial charge is 0.138 e. The first-order valence-corrected chi connectivity index (χ1v) is 3.99. The third-order valence-corrected chi connectivity index (χ3v) is 1.56. The quantitative estimate of drug-likeness (QED) is 0.666. The molecule has 0 aliphatic heterocycles. The van der Waals surface area contributed by atoms with Crippen LogP contribution in [0.1, 0.15) is 19.2 Å². The van der Waals surface area contributed by atoms with Crippen LogP contribution in [0.25, 0.3) is 0 Å². The summed E-state index contributed by atoms with van der Waals surface area (Å²) in [6.07, 6.45) is 2.66. The van der Waals surface area contributed by atoms with E-state index in [1.54, 1.807) is 6.33 Å². The molecule has 0 spiro atoms. The molecule has 0 radical (unpaired) electrons. The van der Waals surface area contributed by atoms with Gasteiger partial charge in [-0.1, -0.05) is 6.92 Å². The summed E-state index contributed by atoms with van der Waals surface area (Å²) < 4.78 is 1.88. The molecule has 0 saturated carbocycles. The fourth-order valence-electron chi connectivity index (χ4n) is 0.809. The Balaban J connectivity index is 2.70. The average Bonchev–Trinajstić information content (AvgIpc) is 2.36. The van der Waals surface area contributed by atoms with Crippen molar-refractivity contribution in [2.75, 3.05) is 0 Å². The minimum absolute atomic E-state index is 0.667. The van der Waals surface area contributed by atoms with Crippen LogP contribution in [0, 0.1) is 0 Å². The number of hydrogen-bond donors (Lipinski definition) is 1. The molecule has 3 nitrogen and oxygen atoms in total. The van der Waals surface area contributed by atoms with E-state index in [1.165, 1.54) is 0 Å². The van der Waals surface area contributed by atoms with Crippen LogP contribution in [0.2, 0.25) is 0 Å². The lowest BCUT2D eigenvalue weighted by molar-refractivity contribution is 0.582. The molecule has 0 saturated heterocycles. The van der Waals surface area contributed by atoms with Gasteiger partial charge in [0.25, 0.3) is 0 Å². The Hall–Kier alpha value is -0.510. The predicted octanol–water partition coefficient (Wildman–Crippen LogP) is 1.12. The minimum Gasteiger partial charge on any atom is -0.249 e. The van der Waals surface area contributed by atoms with E-state index in [9.17, 15) is 0 Å². The molecule has 0 atom stereocenters. The van der Waals surface area contributed by atoms with E-state index >= 15 is 0 Å². The third kappa shape index (κ3) is 1.50. The Labute approximate surface area is 65.9 Å². The highest BCUT2D eigenvalue weighted by atomic mass is 32.1. The summed E-state index contributed by atoms with van der Waals surface area (Å²) in [6.45, 7) is 3.06. The van der Waals surface area contributed by atoms with Crippen molar-refractivity contribution in [2.45, 2.75) is 25.6 Å². The van der Waals surface area contributed by atoms with Gasteiger partial charge in [0, 0.05) is 6.54 Å².